The summed E-state index contributed by atoms with van der Waals surface area (Å²) >= 11 is 0. The van der Waals surface area contributed by atoms with Crippen LogP contribution in [0.15, 0.2) is 18.2 Å². The SMILES string of the molecule is CC(C)Oc1ccc(C#CC2CCCC2)cc1C(N)=O. The molecule has 0 heterocycles. The van der Waals surface area contributed by atoms with Gasteiger partial charge < -0.3 is 10.5 Å². The highest BCUT2D eigenvalue weighted by atomic mass is 16.5. The Morgan fingerprint density at radius 2 is 2.05 bits per heavy atom. The van der Waals surface area contributed by atoms with E-state index in [4.69, 9.17) is 10.5 Å². The second-order valence-corrected chi connectivity index (χ2v) is 5.49. The Morgan fingerprint density at radius 3 is 2.65 bits per heavy atom. The predicted molar refractivity (Wildman–Crippen MR) is 79.6 cm³/mol. The van der Waals surface area contributed by atoms with E-state index in [2.05, 4.69) is 11.8 Å². The normalized spacial score (nSPS) is 14.9. The van der Waals surface area contributed by atoms with Crippen molar-refractivity contribution in [1.29, 1.82) is 0 Å². The number of rotatable bonds is 3. The minimum Gasteiger partial charge on any atom is -0.490 e. The second kappa shape index (κ2) is 6.47. The Kier molecular flexibility index (Phi) is 4.68. The van der Waals surface area contributed by atoms with E-state index in [0.717, 1.165) is 5.56 Å². The molecule has 3 nitrogen and oxygen atoms in total. The van der Waals surface area contributed by atoms with Crippen molar-refractivity contribution >= 4 is 5.91 Å². The lowest BCUT2D eigenvalue weighted by molar-refractivity contribution is 0.0994. The standard InChI is InChI=1S/C17H21NO2/c1-12(2)20-16-10-9-14(11-15(16)17(18)19)8-7-13-5-3-4-6-13/h9-13H,3-6H2,1-2H3,(H2,18,19). The molecule has 0 spiro atoms. The number of amides is 1. The maximum absolute atomic E-state index is 11.5. The number of ether oxygens (including phenoxy) is 1. The first-order chi connectivity index (χ1) is 9.56. The van der Waals surface area contributed by atoms with Gasteiger partial charge in [0.2, 0.25) is 0 Å². The smallest absolute Gasteiger partial charge is 0.252 e. The number of carbonyl (C=O) groups is 1. The summed E-state index contributed by atoms with van der Waals surface area (Å²) in [6, 6.07) is 5.38. The van der Waals surface area contributed by atoms with Gasteiger partial charge in [-0.05, 0) is 44.9 Å². The first kappa shape index (κ1) is 14.5. The van der Waals surface area contributed by atoms with Crippen LogP contribution in [0.5, 0.6) is 5.75 Å². The molecular formula is C17H21NO2. The topological polar surface area (TPSA) is 52.3 Å². The number of carbonyl (C=O) groups excluding carboxylic acids is 1. The van der Waals surface area contributed by atoms with Crippen molar-refractivity contribution in [3.63, 3.8) is 0 Å². The van der Waals surface area contributed by atoms with Crippen LogP contribution in [0, 0.1) is 17.8 Å². The molecule has 1 saturated carbocycles. The molecule has 0 unspecified atom stereocenters. The maximum atomic E-state index is 11.5. The summed E-state index contributed by atoms with van der Waals surface area (Å²) in [5, 5.41) is 0. The molecule has 3 heteroatoms. The Morgan fingerprint density at radius 1 is 1.35 bits per heavy atom. The molecule has 0 aliphatic heterocycles. The largest absolute Gasteiger partial charge is 0.490 e. The van der Waals surface area contributed by atoms with Crippen molar-refractivity contribution in [2.24, 2.45) is 11.7 Å². The Hall–Kier alpha value is -1.95. The van der Waals surface area contributed by atoms with Gasteiger partial charge >= 0.3 is 0 Å². The van der Waals surface area contributed by atoms with Gasteiger partial charge in [0.05, 0.1) is 11.7 Å². The Balaban J connectivity index is 2.22. The van der Waals surface area contributed by atoms with Gasteiger partial charge in [0.15, 0.2) is 0 Å². The van der Waals surface area contributed by atoms with Crippen LogP contribution < -0.4 is 10.5 Å². The third kappa shape index (κ3) is 3.77. The minimum absolute atomic E-state index is 0.00326. The number of primary amides is 1. The number of hydrogen-bond acceptors (Lipinski definition) is 2. The average molecular weight is 271 g/mol. The summed E-state index contributed by atoms with van der Waals surface area (Å²) in [6.07, 6.45) is 4.91. The van der Waals surface area contributed by atoms with Gasteiger partial charge in [-0.25, -0.2) is 0 Å². The molecule has 0 radical (unpaired) electrons. The summed E-state index contributed by atoms with van der Waals surface area (Å²) in [5.41, 5.74) is 6.63. The van der Waals surface area contributed by atoms with Gasteiger partial charge in [-0.3, -0.25) is 4.79 Å². The van der Waals surface area contributed by atoms with E-state index in [9.17, 15) is 4.79 Å². The zero-order valence-electron chi connectivity index (χ0n) is 12.1. The van der Waals surface area contributed by atoms with Crippen molar-refractivity contribution in [3.05, 3.63) is 29.3 Å². The van der Waals surface area contributed by atoms with Gasteiger partial charge in [0, 0.05) is 11.5 Å². The Bertz CT molecular complexity index is 546. The molecule has 0 saturated heterocycles. The van der Waals surface area contributed by atoms with Gasteiger partial charge in [0.25, 0.3) is 5.91 Å². The van der Waals surface area contributed by atoms with Crippen molar-refractivity contribution in [2.75, 3.05) is 0 Å². The summed E-state index contributed by atoms with van der Waals surface area (Å²) in [6.45, 7) is 3.83. The molecule has 2 rings (SSSR count). The molecule has 1 aromatic carbocycles. The van der Waals surface area contributed by atoms with Crippen LogP contribution in [0.2, 0.25) is 0 Å². The summed E-state index contributed by atoms with van der Waals surface area (Å²) in [5.74, 6) is 6.97. The predicted octanol–water partition coefficient (Wildman–Crippen LogP) is 3.11. The molecular weight excluding hydrogens is 250 g/mol. The van der Waals surface area contributed by atoms with Crippen LogP contribution in [0.25, 0.3) is 0 Å². The molecule has 0 aromatic heterocycles. The molecule has 1 fully saturated rings. The molecule has 1 aliphatic rings. The van der Waals surface area contributed by atoms with Crippen LogP contribution >= 0.6 is 0 Å². The molecule has 20 heavy (non-hydrogen) atoms. The summed E-state index contributed by atoms with van der Waals surface area (Å²) in [4.78, 5) is 11.5. The molecule has 0 bridgehead atoms. The van der Waals surface area contributed by atoms with E-state index in [1.807, 2.05) is 19.9 Å². The molecule has 0 atom stereocenters. The highest BCUT2D eigenvalue weighted by molar-refractivity contribution is 5.96. The number of benzene rings is 1. The van der Waals surface area contributed by atoms with E-state index in [-0.39, 0.29) is 6.10 Å². The van der Waals surface area contributed by atoms with Crippen molar-refractivity contribution in [3.8, 4) is 17.6 Å². The highest BCUT2D eigenvalue weighted by Crippen LogP contribution is 2.24. The molecule has 2 N–H and O–H groups in total. The first-order valence-corrected chi connectivity index (χ1v) is 7.18. The summed E-state index contributed by atoms with van der Waals surface area (Å²) < 4.78 is 5.59. The monoisotopic (exact) mass is 271 g/mol. The fourth-order valence-electron chi connectivity index (χ4n) is 2.41. The van der Waals surface area contributed by atoms with Crippen LogP contribution in [0.1, 0.15) is 55.5 Å². The molecule has 1 amide bonds. The van der Waals surface area contributed by atoms with Crippen molar-refractivity contribution < 1.29 is 9.53 Å². The quantitative estimate of drug-likeness (QED) is 0.859. The number of nitrogens with two attached hydrogens (primary N) is 1. The average Bonchev–Trinajstić information content (AvgIpc) is 2.89. The number of hydrogen-bond donors (Lipinski definition) is 1. The third-order valence-corrected chi connectivity index (χ3v) is 3.38. The van der Waals surface area contributed by atoms with Crippen LogP contribution in [-0.4, -0.2) is 12.0 Å². The van der Waals surface area contributed by atoms with Crippen molar-refractivity contribution in [2.45, 2.75) is 45.6 Å². The van der Waals surface area contributed by atoms with E-state index >= 15 is 0 Å². The van der Waals surface area contributed by atoms with E-state index in [1.54, 1.807) is 12.1 Å². The zero-order chi connectivity index (χ0) is 14.5. The highest BCUT2D eigenvalue weighted by Gasteiger charge is 2.13. The van der Waals surface area contributed by atoms with E-state index in [0.29, 0.717) is 17.2 Å². The lowest BCUT2D eigenvalue weighted by Gasteiger charge is -2.12. The van der Waals surface area contributed by atoms with Crippen molar-refractivity contribution in [1.82, 2.24) is 0 Å². The minimum atomic E-state index is -0.481. The van der Waals surface area contributed by atoms with Crippen LogP contribution in [0.4, 0.5) is 0 Å². The zero-order valence-corrected chi connectivity index (χ0v) is 12.1. The van der Waals surface area contributed by atoms with Crippen LogP contribution in [-0.2, 0) is 0 Å². The molecule has 1 aliphatic carbocycles. The first-order valence-electron chi connectivity index (χ1n) is 7.18. The van der Waals surface area contributed by atoms with Gasteiger partial charge in [0.1, 0.15) is 5.75 Å². The molecule has 106 valence electrons. The molecule has 1 aromatic rings. The van der Waals surface area contributed by atoms with Crippen LogP contribution in [0.3, 0.4) is 0 Å². The fraction of sp³-hybridized carbons (Fsp3) is 0.471. The van der Waals surface area contributed by atoms with E-state index in [1.165, 1.54) is 25.7 Å². The summed E-state index contributed by atoms with van der Waals surface area (Å²) in [7, 11) is 0. The maximum Gasteiger partial charge on any atom is 0.252 e. The van der Waals surface area contributed by atoms with Gasteiger partial charge in [-0.15, -0.1) is 0 Å². The third-order valence-electron chi connectivity index (χ3n) is 3.38. The second-order valence-electron chi connectivity index (χ2n) is 5.49. The fourth-order valence-corrected chi connectivity index (χ4v) is 2.41. The van der Waals surface area contributed by atoms with Gasteiger partial charge in [-0.2, -0.15) is 0 Å². The van der Waals surface area contributed by atoms with Gasteiger partial charge in [-0.1, -0.05) is 24.7 Å². The Labute approximate surface area is 120 Å². The lowest BCUT2D eigenvalue weighted by Crippen LogP contribution is -2.15. The van der Waals surface area contributed by atoms with E-state index < -0.39 is 5.91 Å². The lowest BCUT2D eigenvalue weighted by atomic mass is 10.1.